The number of halogens is 1. The molecule has 90 valence electrons. The quantitative estimate of drug-likeness (QED) is 0.938. The number of hydrogen-bond acceptors (Lipinski definition) is 5. The van der Waals surface area contributed by atoms with E-state index in [9.17, 15) is 0 Å². The van der Waals surface area contributed by atoms with Crippen molar-refractivity contribution in [3.63, 3.8) is 0 Å². The van der Waals surface area contributed by atoms with Gasteiger partial charge in [-0.3, -0.25) is 0 Å². The molecular weight excluding hydrogens is 300 g/mol. The molecule has 0 aliphatic heterocycles. The molecule has 1 N–H and O–H groups in total. The molecule has 0 atom stereocenters. The minimum atomic E-state index is 0.847. The van der Waals surface area contributed by atoms with Crippen LogP contribution >= 0.6 is 27.3 Å². The van der Waals surface area contributed by atoms with E-state index in [0.29, 0.717) is 0 Å². The number of nitrogens with one attached hydrogen (secondary N) is 1. The van der Waals surface area contributed by atoms with E-state index in [4.69, 9.17) is 0 Å². The minimum Gasteiger partial charge on any atom is -0.370 e. The summed E-state index contributed by atoms with van der Waals surface area (Å²) in [6.07, 6.45) is 1.58. The highest BCUT2D eigenvalue weighted by Gasteiger charge is 2.08. The van der Waals surface area contributed by atoms with Crippen molar-refractivity contribution in [3.05, 3.63) is 28.3 Å². The summed E-state index contributed by atoms with van der Waals surface area (Å²) in [7, 11) is 2.00. The number of hydrogen-bond donors (Lipinski definition) is 1. The molecule has 0 aromatic carbocycles. The van der Waals surface area contributed by atoms with Gasteiger partial charge in [0.1, 0.15) is 18.0 Å². The van der Waals surface area contributed by atoms with Crippen LogP contribution in [-0.4, -0.2) is 23.6 Å². The number of aromatic nitrogens is 2. The van der Waals surface area contributed by atoms with Crippen molar-refractivity contribution in [3.8, 4) is 0 Å². The van der Waals surface area contributed by atoms with Gasteiger partial charge in [0.25, 0.3) is 0 Å². The maximum absolute atomic E-state index is 4.27. The van der Waals surface area contributed by atoms with E-state index < -0.39 is 0 Å². The lowest BCUT2D eigenvalue weighted by Gasteiger charge is -2.16. The highest BCUT2D eigenvalue weighted by atomic mass is 79.9. The topological polar surface area (TPSA) is 41.0 Å². The van der Waals surface area contributed by atoms with E-state index in [1.807, 2.05) is 24.9 Å². The normalized spacial score (nSPS) is 10.3. The first-order valence-corrected chi connectivity index (χ1v) is 6.91. The Balaban J connectivity index is 2.24. The summed E-state index contributed by atoms with van der Waals surface area (Å²) in [6, 6.07) is 4.01. The average molecular weight is 313 g/mol. The number of nitrogens with zero attached hydrogens (tertiary/aromatic N) is 3. The zero-order chi connectivity index (χ0) is 12.3. The molecule has 0 amide bonds. The summed E-state index contributed by atoms with van der Waals surface area (Å²) in [5, 5.41) is 6.37. The molecular formula is C11H13BrN4S. The highest BCUT2D eigenvalue weighted by molar-refractivity contribution is 9.10. The van der Waals surface area contributed by atoms with Gasteiger partial charge in [0, 0.05) is 29.5 Å². The molecule has 0 saturated heterocycles. The maximum Gasteiger partial charge on any atom is 0.138 e. The van der Waals surface area contributed by atoms with E-state index >= 15 is 0 Å². The molecule has 2 heterocycles. The van der Waals surface area contributed by atoms with Gasteiger partial charge in [-0.2, -0.15) is 0 Å². The van der Waals surface area contributed by atoms with Crippen LogP contribution in [0.2, 0.25) is 0 Å². The predicted octanol–water partition coefficient (Wildman–Crippen LogP) is 3.50. The van der Waals surface area contributed by atoms with Crippen LogP contribution in [0.15, 0.2) is 28.3 Å². The van der Waals surface area contributed by atoms with Gasteiger partial charge in [-0.15, -0.1) is 11.3 Å². The van der Waals surface area contributed by atoms with Gasteiger partial charge < -0.3 is 10.2 Å². The highest BCUT2D eigenvalue weighted by Crippen LogP contribution is 2.31. The molecule has 0 saturated carbocycles. The van der Waals surface area contributed by atoms with Crippen LogP contribution in [-0.2, 0) is 0 Å². The molecule has 0 bridgehead atoms. The molecule has 0 radical (unpaired) electrons. The summed E-state index contributed by atoms with van der Waals surface area (Å²) >= 11 is 5.12. The fraction of sp³-hybridized carbons (Fsp3) is 0.273. The second-order valence-electron chi connectivity index (χ2n) is 3.45. The summed E-state index contributed by atoms with van der Waals surface area (Å²) in [5.41, 5.74) is 0. The summed E-state index contributed by atoms with van der Waals surface area (Å²) in [5.74, 6) is 1.73. The van der Waals surface area contributed by atoms with Crippen molar-refractivity contribution in [1.82, 2.24) is 9.97 Å². The second kappa shape index (κ2) is 5.46. The van der Waals surface area contributed by atoms with Gasteiger partial charge in [0.15, 0.2) is 0 Å². The SMILES string of the molecule is CCNc1cc(N(C)c2cc(Br)cs2)ncn1. The summed E-state index contributed by atoms with van der Waals surface area (Å²) in [4.78, 5) is 10.5. The number of anilines is 3. The van der Waals surface area contributed by atoms with E-state index in [0.717, 1.165) is 27.7 Å². The fourth-order valence-corrected chi connectivity index (χ4v) is 2.80. The molecule has 2 aromatic heterocycles. The molecule has 6 heteroatoms. The molecule has 0 aliphatic rings. The molecule has 0 fully saturated rings. The third-order valence-corrected chi connectivity index (χ3v) is 4.00. The van der Waals surface area contributed by atoms with Crippen molar-refractivity contribution in [1.29, 1.82) is 0 Å². The monoisotopic (exact) mass is 312 g/mol. The van der Waals surface area contributed by atoms with Crippen LogP contribution in [0.5, 0.6) is 0 Å². The Morgan fingerprint density at radius 3 is 2.88 bits per heavy atom. The standard InChI is InChI=1S/C11H13BrN4S/c1-3-13-9-5-10(15-7-14-9)16(2)11-4-8(12)6-17-11/h4-7H,3H2,1-2H3,(H,13,14,15). The van der Waals surface area contributed by atoms with Crippen molar-refractivity contribution in [2.75, 3.05) is 23.8 Å². The Labute approximate surface area is 113 Å². The summed E-state index contributed by atoms with van der Waals surface area (Å²) in [6.45, 7) is 2.90. The lowest BCUT2D eigenvalue weighted by molar-refractivity contribution is 1.07. The Hall–Kier alpha value is -1.14. The van der Waals surface area contributed by atoms with E-state index in [2.05, 4.69) is 42.7 Å². The number of rotatable bonds is 4. The predicted molar refractivity (Wildman–Crippen MR) is 76.3 cm³/mol. The molecule has 2 rings (SSSR count). The molecule has 0 aliphatic carbocycles. The van der Waals surface area contributed by atoms with Gasteiger partial charge in [0.05, 0.1) is 5.00 Å². The zero-order valence-corrected chi connectivity index (χ0v) is 12.0. The van der Waals surface area contributed by atoms with Crippen molar-refractivity contribution < 1.29 is 0 Å². The smallest absolute Gasteiger partial charge is 0.138 e. The average Bonchev–Trinajstić information content (AvgIpc) is 2.76. The molecule has 17 heavy (non-hydrogen) atoms. The van der Waals surface area contributed by atoms with Crippen LogP contribution in [0.25, 0.3) is 0 Å². The van der Waals surface area contributed by atoms with E-state index in [-0.39, 0.29) is 0 Å². The number of thiophene rings is 1. The molecule has 0 unspecified atom stereocenters. The third-order valence-electron chi connectivity index (χ3n) is 2.24. The molecule has 4 nitrogen and oxygen atoms in total. The largest absolute Gasteiger partial charge is 0.370 e. The van der Waals surface area contributed by atoms with Crippen LogP contribution in [0.3, 0.4) is 0 Å². The van der Waals surface area contributed by atoms with Crippen LogP contribution < -0.4 is 10.2 Å². The third kappa shape index (κ3) is 2.95. The lowest BCUT2D eigenvalue weighted by Crippen LogP contribution is -2.11. The van der Waals surface area contributed by atoms with Gasteiger partial charge in [-0.25, -0.2) is 9.97 Å². The second-order valence-corrected chi connectivity index (χ2v) is 5.26. The van der Waals surface area contributed by atoms with Crippen molar-refractivity contribution in [2.45, 2.75) is 6.92 Å². The Morgan fingerprint density at radius 1 is 1.41 bits per heavy atom. The first-order chi connectivity index (χ1) is 8.20. The van der Waals surface area contributed by atoms with Crippen LogP contribution in [0, 0.1) is 0 Å². The Morgan fingerprint density at radius 2 is 2.24 bits per heavy atom. The zero-order valence-electron chi connectivity index (χ0n) is 9.64. The first kappa shape index (κ1) is 12.3. The first-order valence-electron chi connectivity index (χ1n) is 5.24. The Kier molecular flexibility index (Phi) is 3.96. The summed E-state index contributed by atoms with van der Waals surface area (Å²) < 4.78 is 1.09. The van der Waals surface area contributed by atoms with Crippen LogP contribution in [0.4, 0.5) is 16.6 Å². The van der Waals surface area contributed by atoms with Gasteiger partial charge >= 0.3 is 0 Å². The van der Waals surface area contributed by atoms with Crippen molar-refractivity contribution >= 4 is 43.9 Å². The van der Waals surface area contributed by atoms with E-state index in [1.165, 1.54) is 0 Å². The van der Waals surface area contributed by atoms with Gasteiger partial charge in [-0.05, 0) is 28.9 Å². The van der Waals surface area contributed by atoms with Crippen molar-refractivity contribution in [2.24, 2.45) is 0 Å². The minimum absolute atomic E-state index is 0.847. The van der Waals surface area contributed by atoms with Gasteiger partial charge in [0.2, 0.25) is 0 Å². The van der Waals surface area contributed by atoms with Crippen LogP contribution in [0.1, 0.15) is 6.92 Å². The van der Waals surface area contributed by atoms with Gasteiger partial charge in [-0.1, -0.05) is 0 Å². The fourth-order valence-electron chi connectivity index (χ4n) is 1.40. The Bertz CT molecular complexity index is 500. The van der Waals surface area contributed by atoms with E-state index in [1.54, 1.807) is 17.7 Å². The lowest BCUT2D eigenvalue weighted by atomic mass is 10.4. The molecule has 0 spiro atoms. The molecule has 2 aromatic rings. The maximum atomic E-state index is 4.27.